The van der Waals surface area contributed by atoms with Gasteiger partial charge in [0.05, 0.1) is 37.3 Å². The zero-order chi connectivity index (χ0) is 65.7. The zero-order valence-corrected chi connectivity index (χ0v) is 53.4. The van der Waals surface area contributed by atoms with Gasteiger partial charge in [0.15, 0.2) is 17.3 Å². The van der Waals surface area contributed by atoms with Gasteiger partial charge in [-0.15, -0.1) is 0 Å². The summed E-state index contributed by atoms with van der Waals surface area (Å²) >= 11 is 0. The first-order valence-electron chi connectivity index (χ1n) is 31.3. The van der Waals surface area contributed by atoms with E-state index in [0.29, 0.717) is 38.5 Å². The first-order chi connectivity index (χ1) is 41.2. The van der Waals surface area contributed by atoms with Gasteiger partial charge in [0, 0.05) is 37.5 Å². The van der Waals surface area contributed by atoms with Crippen molar-refractivity contribution in [2.45, 2.75) is 227 Å². The summed E-state index contributed by atoms with van der Waals surface area (Å²) in [6.45, 7) is 17.1. The van der Waals surface area contributed by atoms with Gasteiger partial charge in [-0.05, 0) is 62.5 Å². The van der Waals surface area contributed by atoms with Gasteiger partial charge in [0.25, 0.3) is 0 Å². The Kier molecular flexibility index (Phi) is 34.5. The number of esters is 1. The lowest BCUT2D eigenvalue weighted by Crippen LogP contribution is -2.59. The second-order valence-corrected chi connectivity index (χ2v) is 23.8. The highest BCUT2D eigenvalue weighted by Gasteiger charge is 2.41. The second kappa shape index (κ2) is 39.3. The molecular formula is C63H103N9O15. The molecule has 1 aliphatic heterocycles. The SMILES string of the molecule is CCCCCC[C@@H]1NC(=O)[C@H](C)CC(=O)[C@H](NC(=O)[C@H](CO)CC(=O)[C@@H](NC(=O)[C@H](CC(=O)[C@@H](CCC(N)=O)NC(=O)[C@H](CO)NC(=O)[C@@H](NC(=O)[C@@H](Cc2ccccc2)NC)[C@@H](C)CC)[C@@H](C)CC)[C@@H](C)CC)[C@H](C)OC(=O)[C@H]([C@@H](C)CC)NC1=O. The summed E-state index contributed by atoms with van der Waals surface area (Å²) in [4.78, 5) is 166. The van der Waals surface area contributed by atoms with Crippen LogP contribution in [-0.2, 0) is 68.7 Å². The maximum absolute atomic E-state index is 14.5. The van der Waals surface area contributed by atoms with E-state index < -0.39 is 199 Å². The normalized spacial score (nSPS) is 21.4. The predicted molar refractivity (Wildman–Crippen MR) is 326 cm³/mol. The summed E-state index contributed by atoms with van der Waals surface area (Å²) in [5.41, 5.74) is 6.35. The van der Waals surface area contributed by atoms with Gasteiger partial charge >= 0.3 is 5.97 Å². The van der Waals surface area contributed by atoms with Gasteiger partial charge in [-0.25, -0.2) is 4.79 Å². The minimum Gasteiger partial charge on any atom is -0.458 e. The Balaban J connectivity index is 2.40. The summed E-state index contributed by atoms with van der Waals surface area (Å²) < 4.78 is 5.81. The van der Waals surface area contributed by atoms with E-state index in [0.717, 1.165) is 24.8 Å². The Morgan fingerprint density at radius 1 is 0.655 bits per heavy atom. The van der Waals surface area contributed by atoms with Gasteiger partial charge in [0.2, 0.25) is 47.3 Å². The summed E-state index contributed by atoms with van der Waals surface area (Å²) in [7, 11) is 1.61. The molecule has 87 heavy (non-hydrogen) atoms. The van der Waals surface area contributed by atoms with Crippen LogP contribution in [0, 0.1) is 41.4 Å². The van der Waals surface area contributed by atoms with Crippen molar-refractivity contribution < 1.29 is 72.5 Å². The predicted octanol–water partition coefficient (Wildman–Crippen LogP) is 2.31. The number of rotatable bonds is 37. The number of benzene rings is 1. The van der Waals surface area contributed by atoms with Crippen LogP contribution in [0.3, 0.4) is 0 Å². The van der Waals surface area contributed by atoms with Gasteiger partial charge in [-0.2, -0.15) is 0 Å². The van der Waals surface area contributed by atoms with E-state index in [4.69, 9.17) is 10.5 Å². The van der Waals surface area contributed by atoms with Crippen LogP contribution in [0.4, 0.5) is 0 Å². The summed E-state index contributed by atoms with van der Waals surface area (Å²) in [6, 6.07) is -0.788. The zero-order valence-electron chi connectivity index (χ0n) is 53.4. The number of ketones is 3. The first-order valence-corrected chi connectivity index (χ1v) is 31.3. The van der Waals surface area contributed by atoms with Crippen molar-refractivity contribution in [2.75, 3.05) is 20.3 Å². The lowest BCUT2D eigenvalue weighted by Gasteiger charge is -2.31. The van der Waals surface area contributed by atoms with Crippen molar-refractivity contribution in [2.24, 2.45) is 47.2 Å². The number of likely N-dealkylation sites (N-methyl/N-ethyl adjacent to an activating group) is 1. The Bertz CT molecular complexity index is 2450. The Hall–Kier alpha value is -6.66. The quantitative estimate of drug-likeness (QED) is 0.0336. The molecule has 1 aromatic carbocycles. The number of primary amides is 1. The molecule has 490 valence electrons. The van der Waals surface area contributed by atoms with Crippen molar-refractivity contribution in [1.29, 1.82) is 0 Å². The van der Waals surface area contributed by atoms with Crippen LogP contribution in [0.1, 0.15) is 172 Å². The first kappa shape index (κ1) is 76.4. The highest BCUT2D eigenvalue weighted by atomic mass is 16.5. The highest BCUT2D eigenvalue weighted by molar-refractivity contribution is 5.99. The minimum atomic E-state index is -1.64. The van der Waals surface area contributed by atoms with Gasteiger partial charge in [-0.1, -0.05) is 151 Å². The van der Waals surface area contributed by atoms with Crippen LogP contribution in [0.15, 0.2) is 30.3 Å². The fraction of sp³-hybridized carbons (Fsp3) is 0.714. The average molecular weight is 1230 g/mol. The smallest absolute Gasteiger partial charge is 0.329 e. The third kappa shape index (κ3) is 24.8. The van der Waals surface area contributed by atoms with E-state index in [9.17, 15) is 67.7 Å². The van der Waals surface area contributed by atoms with E-state index in [1.165, 1.54) is 13.8 Å². The molecule has 1 aromatic rings. The summed E-state index contributed by atoms with van der Waals surface area (Å²) in [5.74, 6) is -14.6. The number of hydrogen-bond donors (Lipinski definition) is 11. The molecule has 1 heterocycles. The molecule has 24 nitrogen and oxygen atoms in total. The topological polar surface area (TPSA) is 377 Å². The lowest BCUT2D eigenvalue weighted by atomic mass is 9.83. The monoisotopic (exact) mass is 1230 g/mol. The van der Waals surface area contributed by atoms with Crippen molar-refractivity contribution in [3.05, 3.63) is 35.9 Å². The molecule has 0 bridgehead atoms. The average Bonchev–Trinajstić information content (AvgIpc) is 3.25. The van der Waals surface area contributed by atoms with Crippen molar-refractivity contribution in [1.82, 2.24) is 42.5 Å². The molecule has 0 saturated carbocycles. The Morgan fingerprint density at radius 2 is 1.25 bits per heavy atom. The largest absolute Gasteiger partial charge is 0.458 e. The second-order valence-electron chi connectivity index (χ2n) is 23.8. The molecule has 16 atom stereocenters. The number of cyclic esters (lactones) is 1. The molecule has 2 rings (SSSR count). The fourth-order valence-electron chi connectivity index (χ4n) is 10.2. The van der Waals surface area contributed by atoms with Crippen LogP contribution in [0.2, 0.25) is 0 Å². The summed E-state index contributed by atoms with van der Waals surface area (Å²) in [5, 5.41) is 42.7. The van der Waals surface area contributed by atoms with Crippen molar-refractivity contribution >= 4 is 70.6 Å². The lowest BCUT2D eigenvalue weighted by molar-refractivity contribution is -0.157. The number of Topliss-reactive ketones (excluding diaryl/α,β-unsaturated/α-hetero) is 3. The molecule has 0 radical (unpaired) electrons. The number of nitrogens with two attached hydrogens (primary N) is 1. The maximum Gasteiger partial charge on any atom is 0.329 e. The van der Waals surface area contributed by atoms with Crippen LogP contribution < -0.4 is 48.3 Å². The number of carbonyl (C=O) groups excluding carboxylic acids is 12. The molecule has 0 unspecified atom stereocenters. The number of nitrogens with one attached hydrogen (secondary N) is 8. The van der Waals surface area contributed by atoms with Crippen LogP contribution in [-0.4, -0.2) is 155 Å². The maximum atomic E-state index is 14.5. The van der Waals surface area contributed by atoms with Crippen molar-refractivity contribution in [3.8, 4) is 0 Å². The molecule has 8 amide bonds. The van der Waals surface area contributed by atoms with Gasteiger partial charge in [0.1, 0.15) is 36.3 Å². The minimum absolute atomic E-state index is 0.287. The van der Waals surface area contributed by atoms with Gasteiger partial charge in [-0.3, -0.25) is 52.7 Å². The van der Waals surface area contributed by atoms with Crippen LogP contribution in [0.25, 0.3) is 0 Å². The van der Waals surface area contributed by atoms with E-state index in [2.05, 4.69) is 42.5 Å². The molecule has 24 heteroatoms. The Labute approximate surface area is 514 Å². The van der Waals surface area contributed by atoms with Gasteiger partial charge < -0.3 is 63.2 Å². The number of amides is 8. The Morgan fingerprint density at radius 3 is 1.82 bits per heavy atom. The number of unbranched alkanes of at least 4 members (excludes halogenated alkanes) is 3. The molecule has 0 spiro atoms. The molecule has 0 aliphatic carbocycles. The molecular weight excluding hydrogens is 1120 g/mol. The van der Waals surface area contributed by atoms with E-state index in [-0.39, 0.29) is 19.3 Å². The molecule has 1 aliphatic rings. The summed E-state index contributed by atoms with van der Waals surface area (Å²) in [6.07, 6.45) is 1.75. The van der Waals surface area contributed by atoms with Crippen LogP contribution >= 0.6 is 0 Å². The number of carbonyl (C=O) groups is 12. The fourth-order valence-corrected chi connectivity index (χ4v) is 10.2. The number of hydrogen-bond acceptors (Lipinski definition) is 16. The van der Waals surface area contributed by atoms with Crippen molar-refractivity contribution in [3.63, 3.8) is 0 Å². The third-order valence-corrected chi connectivity index (χ3v) is 17.0. The molecule has 1 saturated heterocycles. The highest BCUT2D eigenvalue weighted by Crippen LogP contribution is 2.25. The van der Waals surface area contributed by atoms with Crippen LogP contribution in [0.5, 0.6) is 0 Å². The number of aliphatic hydroxyl groups excluding tert-OH is 2. The van der Waals surface area contributed by atoms with E-state index in [1.807, 2.05) is 51.1 Å². The number of aliphatic hydroxyl groups is 2. The molecule has 0 aromatic heterocycles. The molecule has 1 fully saturated rings. The molecule has 12 N–H and O–H groups in total. The van der Waals surface area contributed by atoms with E-state index >= 15 is 0 Å². The van der Waals surface area contributed by atoms with E-state index in [1.54, 1.807) is 48.6 Å². The standard InChI is InChI=1S/C63H103N9O15/c1-13-18-19-23-26-45-59(82)71-54(38(9)17-5)63(86)87-40(11)55(49(76)29-39(10)56(79)67-45)72-57(80)42(33-73)31-50(77)52(36(7)15-3)69-58(81)43(35(6)14-2)32-48(75)44(27-28-51(64)78)66-61(84)47(34-74)68-62(85)53(37(8)16-4)70-60(83)46(65-12)30-41-24-21-20-22-25-41/h20-22,24-25,35-40,42-47,52-55,65,73-74H,13-19,23,26-34H2,1-12H3,(H2,64,78)(H,66,84)(H,67,79)(H,68,85)(H,69,81)(H,70,83)(H,71,82)(H,72,80)/t35-,36-,37-,38-,39+,40-,42-,43+,44+,45-,46+,47-,52-,53-,54-,55+/m0/s1. The number of ether oxygens (including phenoxy) is 1. The third-order valence-electron chi connectivity index (χ3n) is 17.0.